The standard InChI is InChI=1S/C15H14BrF2NO/c16-11-3-1-2-10(6-11)8-19-9-15(20)13-5-4-12(17)7-14(13)18/h1-7,15,19-20H,8-9H2/t15-/m1/s1. The van der Waals surface area contributed by atoms with Gasteiger partial charge in [-0.1, -0.05) is 34.1 Å². The van der Waals surface area contributed by atoms with Crippen molar-refractivity contribution in [2.45, 2.75) is 12.6 Å². The molecular formula is C15H14BrF2NO. The van der Waals surface area contributed by atoms with E-state index in [1.807, 2.05) is 24.3 Å². The smallest absolute Gasteiger partial charge is 0.131 e. The van der Waals surface area contributed by atoms with Crippen molar-refractivity contribution in [3.8, 4) is 0 Å². The predicted octanol–water partition coefficient (Wildman–Crippen LogP) is 3.55. The lowest BCUT2D eigenvalue weighted by molar-refractivity contribution is 0.169. The minimum Gasteiger partial charge on any atom is -0.387 e. The molecule has 0 spiro atoms. The van der Waals surface area contributed by atoms with Gasteiger partial charge in [-0.3, -0.25) is 0 Å². The van der Waals surface area contributed by atoms with Crippen molar-refractivity contribution in [2.75, 3.05) is 6.54 Å². The zero-order valence-corrected chi connectivity index (χ0v) is 12.2. The summed E-state index contributed by atoms with van der Waals surface area (Å²) in [5.41, 5.74) is 1.14. The van der Waals surface area contributed by atoms with Crippen molar-refractivity contribution in [1.82, 2.24) is 5.32 Å². The molecule has 2 aromatic rings. The molecule has 20 heavy (non-hydrogen) atoms. The largest absolute Gasteiger partial charge is 0.387 e. The Hall–Kier alpha value is -1.30. The number of hydrogen-bond acceptors (Lipinski definition) is 2. The Kier molecular flexibility index (Phi) is 5.23. The molecule has 1 atom stereocenters. The van der Waals surface area contributed by atoms with E-state index in [2.05, 4.69) is 21.2 Å². The van der Waals surface area contributed by atoms with Crippen LogP contribution in [-0.4, -0.2) is 11.7 Å². The quantitative estimate of drug-likeness (QED) is 0.871. The summed E-state index contributed by atoms with van der Waals surface area (Å²) in [4.78, 5) is 0. The van der Waals surface area contributed by atoms with Crippen LogP contribution in [0.25, 0.3) is 0 Å². The Morgan fingerprint density at radius 2 is 1.95 bits per heavy atom. The van der Waals surface area contributed by atoms with Crippen LogP contribution in [0.15, 0.2) is 46.9 Å². The predicted molar refractivity (Wildman–Crippen MR) is 77.2 cm³/mol. The number of halogens is 3. The Morgan fingerprint density at radius 3 is 2.65 bits per heavy atom. The van der Waals surface area contributed by atoms with Crippen LogP contribution in [0.3, 0.4) is 0 Å². The van der Waals surface area contributed by atoms with E-state index in [4.69, 9.17) is 0 Å². The van der Waals surface area contributed by atoms with E-state index in [0.717, 1.165) is 22.2 Å². The number of aliphatic hydroxyl groups is 1. The van der Waals surface area contributed by atoms with Gasteiger partial charge in [0, 0.05) is 29.2 Å². The maximum atomic E-state index is 13.5. The van der Waals surface area contributed by atoms with Gasteiger partial charge in [0.25, 0.3) is 0 Å². The summed E-state index contributed by atoms with van der Waals surface area (Å²) in [6.07, 6.45) is -1.01. The molecule has 2 rings (SSSR count). The van der Waals surface area contributed by atoms with Crippen molar-refractivity contribution in [2.24, 2.45) is 0 Å². The SMILES string of the molecule is O[C@H](CNCc1cccc(Br)c1)c1ccc(F)cc1F. The van der Waals surface area contributed by atoms with Crippen molar-refractivity contribution in [3.63, 3.8) is 0 Å². The highest BCUT2D eigenvalue weighted by atomic mass is 79.9. The summed E-state index contributed by atoms with van der Waals surface area (Å²) >= 11 is 3.37. The molecular weight excluding hydrogens is 328 g/mol. The Labute approximate surface area is 124 Å². The number of nitrogens with one attached hydrogen (secondary N) is 1. The maximum absolute atomic E-state index is 13.5. The average molecular weight is 342 g/mol. The second kappa shape index (κ2) is 6.92. The molecule has 0 fully saturated rings. The van der Waals surface area contributed by atoms with Gasteiger partial charge in [-0.25, -0.2) is 8.78 Å². The number of rotatable bonds is 5. The van der Waals surface area contributed by atoms with Crippen LogP contribution < -0.4 is 5.32 Å². The number of hydrogen-bond donors (Lipinski definition) is 2. The van der Waals surface area contributed by atoms with Gasteiger partial charge in [0.2, 0.25) is 0 Å². The van der Waals surface area contributed by atoms with Gasteiger partial charge in [-0.15, -0.1) is 0 Å². The van der Waals surface area contributed by atoms with Crippen molar-refractivity contribution < 1.29 is 13.9 Å². The van der Waals surface area contributed by atoms with Gasteiger partial charge in [0.1, 0.15) is 11.6 Å². The second-order valence-corrected chi connectivity index (χ2v) is 5.36. The zero-order chi connectivity index (χ0) is 14.5. The number of aliphatic hydroxyl groups excluding tert-OH is 1. The molecule has 0 amide bonds. The van der Waals surface area contributed by atoms with E-state index in [0.29, 0.717) is 6.54 Å². The second-order valence-electron chi connectivity index (χ2n) is 4.44. The highest BCUT2D eigenvalue weighted by molar-refractivity contribution is 9.10. The van der Waals surface area contributed by atoms with Gasteiger partial charge in [-0.2, -0.15) is 0 Å². The van der Waals surface area contributed by atoms with Gasteiger partial charge < -0.3 is 10.4 Å². The third-order valence-electron chi connectivity index (χ3n) is 2.88. The molecule has 0 aliphatic heterocycles. The summed E-state index contributed by atoms with van der Waals surface area (Å²) in [5.74, 6) is -1.39. The fourth-order valence-corrected chi connectivity index (χ4v) is 2.33. The Bertz CT molecular complexity index is 592. The lowest BCUT2D eigenvalue weighted by atomic mass is 10.1. The lowest BCUT2D eigenvalue weighted by Gasteiger charge is -2.13. The number of benzene rings is 2. The molecule has 0 aliphatic carbocycles. The lowest BCUT2D eigenvalue weighted by Crippen LogP contribution is -2.21. The Balaban J connectivity index is 1.90. The molecule has 2 N–H and O–H groups in total. The Morgan fingerprint density at radius 1 is 1.15 bits per heavy atom. The molecule has 0 saturated heterocycles. The maximum Gasteiger partial charge on any atom is 0.131 e. The first kappa shape index (κ1) is 15.1. The molecule has 5 heteroatoms. The molecule has 0 aliphatic rings. The molecule has 106 valence electrons. The van der Waals surface area contributed by atoms with Gasteiger partial charge in [0.15, 0.2) is 0 Å². The van der Waals surface area contributed by atoms with Crippen molar-refractivity contribution in [3.05, 3.63) is 69.7 Å². The molecule has 0 unspecified atom stereocenters. The minimum atomic E-state index is -1.01. The first-order valence-electron chi connectivity index (χ1n) is 6.14. The fraction of sp³-hybridized carbons (Fsp3) is 0.200. The summed E-state index contributed by atoms with van der Waals surface area (Å²) < 4.78 is 27.2. The van der Waals surface area contributed by atoms with Crippen LogP contribution in [0.4, 0.5) is 8.78 Å². The fourth-order valence-electron chi connectivity index (χ4n) is 1.88. The van der Waals surface area contributed by atoms with Crippen LogP contribution in [0.2, 0.25) is 0 Å². The first-order valence-corrected chi connectivity index (χ1v) is 6.94. The van der Waals surface area contributed by atoms with E-state index in [1.54, 1.807) is 0 Å². The minimum absolute atomic E-state index is 0.0909. The normalized spacial score (nSPS) is 12.4. The summed E-state index contributed by atoms with van der Waals surface area (Å²) in [5, 5.41) is 12.9. The average Bonchev–Trinajstić information content (AvgIpc) is 2.38. The molecule has 0 bridgehead atoms. The molecule has 0 saturated carbocycles. The third-order valence-corrected chi connectivity index (χ3v) is 3.37. The summed E-state index contributed by atoms with van der Waals surface area (Å²) in [6.45, 7) is 0.744. The first-order chi connectivity index (χ1) is 9.56. The van der Waals surface area contributed by atoms with Crippen LogP contribution >= 0.6 is 15.9 Å². The van der Waals surface area contributed by atoms with Gasteiger partial charge >= 0.3 is 0 Å². The van der Waals surface area contributed by atoms with Gasteiger partial charge in [0.05, 0.1) is 6.10 Å². The topological polar surface area (TPSA) is 32.3 Å². The molecule has 2 aromatic carbocycles. The molecule has 2 nitrogen and oxygen atoms in total. The highest BCUT2D eigenvalue weighted by Crippen LogP contribution is 2.17. The zero-order valence-electron chi connectivity index (χ0n) is 10.6. The van der Waals surface area contributed by atoms with Crippen molar-refractivity contribution >= 4 is 15.9 Å². The van der Waals surface area contributed by atoms with E-state index in [1.165, 1.54) is 6.07 Å². The van der Waals surface area contributed by atoms with Crippen LogP contribution in [0, 0.1) is 11.6 Å². The van der Waals surface area contributed by atoms with Crippen LogP contribution in [0.1, 0.15) is 17.2 Å². The van der Waals surface area contributed by atoms with E-state index < -0.39 is 17.7 Å². The molecule has 0 heterocycles. The van der Waals surface area contributed by atoms with Crippen LogP contribution in [-0.2, 0) is 6.54 Å². The molecule has 0 aromatic heterocycles. The van der Waals surface area contributed by atoms with E-state index >= 15 is 0 Å². The van der Waals surface area contributed by atoms with Crippen LogP contribution in [0.5, 0.6) is 0 Å². The third kappa shape index (κ3) is 4.10. The van der Waals surface area contributed by atoms with Gasteiger partial charge in [-0.05, 0) is 23.8 Å². The monoisotopic (exact) mass is 341 g/mol. The van der Waals surface area contributed by atoms with E-state index in [-0.39, 0.29) is 12.1 Å². The summed E-state index contributed by atoms with van der Waals surface area (Å²) in [7, 11) is 0. The molecule has 0 radical (unpaired) electrons. The van der Waals surface area contributed by atoms with Crippen molar-refractivity contribution in [1.29, 1.82) is 0 Å². The highest BCUT2D eigenvalue weighted by Gasteiger charge is 2.13. The van der Waals surface area contributed by atoms with E-state index in [9.17, 15) is 13.9 Å². The summed E-state index contributed by atoms with van der Waals surface area (Å²) in [6, 6.07) is 10.9.